The van der Waals surface area contributed by atoms with Crippen molar-refractivity contribution in [1.29, 1.82) is 0 Å². The fourth-order valence-corrected chi connectivity index (χ4v) is 4.37. The summed E-state index contributed by atoms with van der Waals surface area (Å²) in [6, 6.07) is 17.2. The summed E-state index contributed by atoms with van der Waals surface area (Å²) >= 11 is 0. The van der Waals surface area contributed by atoms with Gasteiger partial charge in [0, 0.05) is 37.1 Å². The van der Waals surface area contributed by atoms with Crippen molar-refractivity contribution >= 4 is 39.3 Å². The Hall–Kier alpha value is -3.74. The predicted octanol–water partition coefficient (Wildman–Crippen LogP) is 3.88. The molecule has 1 amide bonds. The number of pyridine rings is 1. The summed E-state index contributed by atoms with van der Waals surface area (Å²) in [5, 5.41) is 3.91. The molecule has 0 bridgehead atoms. The quantitative estimate of drug-likeness (QED) is 0.523. The van der Waals surface area contributed by atoms with Gasteiger partial charge in [0.15, 0.2) is 5.82 Å². The van der Waals surface area contributed by atoms with Gasteiger partial charge in [-0.1, -0.05) is 30.3 Å². The Balaban J connectivity index is 1.42. The Morgan fingerprint density at radius 1 is 1.00 bits per heavy atom. The van der Waals surface area contributed by atoms with Crippen molar-refractivity contribution in [1.82, 2.24) is 14.5 Å². The van der Waals surface area contributed by atoms with Gasteiger partial charge in [-0.2, -0.15) is 0 Å². The van der Waals surface area contributed by atoms with Crippen LogP contribution in [0.4, 0.5) is 11.5 Å². The number of anilines is 2. The number of aryl methyl sites for hydroxylation is 2. The van der Waals surface area contributed by atoms with Crippen molar-refractivity contribution in [2.75, 3.05) is 23.3 Å². The minimum Gasteiger partial charge on any atom is -0.352 e. The molecule has 1 N–H and O–H groups in total. The van der Waals surface area contributed by atoms with Crippen molar-refractivity contribution < 1.29 is 4.79 Å². The molecule has 5 rings (SSSR count). The first-order valence-electron chi connectivity index (χ1n) is 11.0. The normalized spacial score (nSPS) is 13.7. The van der Waals surface area contributed by atoms with E-state index in [1.54, 1.807) is 4.57 Å². The van der Waals surface area contributed by atoms with Crippen LogP contribution in [-0.2, 0) is 11.3 Å². The van der Waals surface area contributed by atoms with Crippen molar-refractivity contribution in [2.45, 2.75) is 32.7 Å². The molecule has 1 aliphatic heterocycles. The van der Waals surface area contributed by atoms with Crippen LogP contribution in [-0.4, -0.2) is 33.5 Å². The summed E-state index contributed by atoms with van der Waals surface area (Å²) in [7, 11) is 0. The lowest BCUT2D eigenvalue weighted by molar-refractivity contribution is -0.116. The highest BCUT2D eigenvalue weighted by Gasteiger charge is 2.20. The Kier molecular flexibility index (Phi) is 5.31. The number of hydrogen-bond donors (Lipinski definition) is 1. The SMILES string of the molecule is Cc1cc(NC(=O)CCn2c(=O)c(N3CCCC3)nc3ccccc32)c2ccccc2n1. The van der Waals surface area contributed by atoms with Crippen molar-refractivity contribution in [3.05, 3.63) is 70.6 Å². The maximum absolute atomic E-state index is 13.3. The zero-order valence-corrected chi connectivity index (χ0v) is 18.0. The molecule has 0 aliphatic carbocycles. The number of rotatable bonds is 5. The average molecular weight is 428 g/mol. The van der Waals surface area contributed by atoms with Crippen molar-refractivity contribution in [2.24, 2.45) is 0 Å². The standard InChI is InChI=1S/C25H25N5O2/c1-17-16-21(18-8-2-3-9-19(18)26-17)27-23(31)12-15-30-22-11-5-4-10-20(22)28-24(25(30)32)29-13-6-7-14-29/h2-5,8-11,16H,6-7,12-15H2,1H3,(H,26,27,31). The van der Waals surface area contributed by atoms with Gasteiger partial charge in [0.25, 0.3) is 5.56 Å². The fraction of sp³-hybridized carbons (Fsp3) is 0.280. The topological polar surface area (TPSA) is 80.1 Å². The second-order valence-corrected chi connectivity index (χ2v) is 8.20. The molecule has 3 heterocycles. The fourth-order valence-electron chi connectivity index (χ4n) is 4.37. The van der Waals surface area contributed by atoms with Crippen molar-refractivity contribution in [3.63, 3.8) is 0 Å². The Labute approximate surface area is 185 Å². The maximum Gasteiger partial charge on any atom is 0.294 e. The molecule has 0 unspecified atom stereocenters. The molecule has 2 aromatic carbocycles. The average Bonchev–Trinajstić information content (AvgIpc) is 3.33. The summed E-state index contributed by atoms with van der Waals surface area (Å²) in [6.07, 6.45) is 2.31. The molecule has 1 fully saturated rings. The molecule has 32 heavy (non-hydrogen) atoms. The second kappa shape index (κ2) is 8.42. The van der Waals surface area contributed by atoms with Crippen LogP contribution in [0.2, 0.25) is 0 Å². The van der Waals surface area contributed by atoms with Crippen molar-refractivity contribution in [3.8, 4) is 0 Å². The minimum absolute atomic E-state index is 0.136. The monoisotopic (exact) mass is 427 g/mol. The van der Waals surface area contributed by atoms with Crippen LogP contribution >= 0.6 is 0 Å². The van der Waals surface area contributed by atoms with E-state index in [-0.39, 0.29) is 24.4 Å². The summed E-state index contributed by atoms with van der Waals surface area (Å²) in [5.41, 5.74) is 3.80. The number of nitrogens with zero attached hydrogens (tertiary/aromatic N) is 4. The molecule has 7 heteroatoms. The molecule has 1 saturated heterocycles. The van der Waals surface area contributed by atoms with Gasteiger partial charge < -0.3 is 14.8 Å². The smallest absolute Gasteiger partial charge is 0.294 e. The van der Waals surface area contributed by atoms with E-state index >= 15 is 0 Å². The number of nitrogens with one attached hydrogen (secondary N) is 1. The number of aromatic nitrogens is 3. The molecule has 162 valence electrons. The molecule has 1 aliphatic rings. The number of fused-ring (bicyclic) bond motifs is 2. The first kappa shape index (κ1) is 20.2. The van der Waals surface area contributed by atoms with Crippen LogP contribution in [0.3, 0.4) is 0 Å². The molecule has 7 nitrogen and oxygen atoms in total. The van der Waals surface area contributed by atoms with Gasteiger partial charge in [-0.05, 0) is 44.0 Å². The first-order chi connectivity index (χ1) is 15.6. The van der Waals surface area contributed by atoms with Crippen LogP contribution in [0.25, 0.3) is 21.9 Å². The lowest BCUT2D eigenvalue weighted by atomic mass is 10.1. The van der Waals surface area contributed by atoms with E-state index in [0.717, 1.165) is 59.2 Å². The van der Waals surface area contributed by atoms with E-state index in [9.17, 15) is 9.59 Å². The molecule has 0 atom stereocenters. The number of para-hydroxylation sites is 3. The van der Waals surface area contributed by atoms with Gasteiger partial charge in [0.05, 0.1) is 22.2 Å². The highest BCUT2D eigenvalue weighted by atomic mass is 16.2. The number of amides is 1. The van der Waals surface area contributed by atoms with E-state index in [1.807, 2.05) is 61.5 Å². The van der Waals surface area contributed by atoms with Gasteiger partial charge in [-0.15, -0.1) is 0 Å². The number of hydrogen-bond acceptors (Lipinski definition) is 5. The molecule has 0 saturated carbocycles. The maximum atomic E-state index is 13.3. The highest BCUT2D eigenvalue weighted by Crippen LogP contribution is 2.23. The largest absolute Gasteiger partial charge is 0.352 e. The van der Waals surface area contributed by atoms with Gasteiger partial charge in [0.1, 0.15) is 0 Å². The first-order valence-corrected chi connectivity index (χ1v) is 11.0. The van der Waals surface area contributed by atoms with Crippen LogP contribution in [0.1, 0.15) is 25.0 Å². The van der Waals surface area contributed by atoms with E-state index < -0.39 is 0 Å². The van der Waals surface area contributed by atoms with Gasteiger partial charge in [0.2, 0.25) is 5.91 Å². The Morgan fingerprint density at radius 2 is 1.72 bits per heavy atom. The van der Waals surface area contributed by atoms with Gasteiger partial charge in [-0.3, -0.25) is 14.6 Å². The lowest BCUT2D eigenvalue weighted by Gasteiger charge is -2.19. The summed E-state index contributed by atoms with van der Waals surface area (Å²) in [4.78, 5) is 37.4. The molecule has 0 radical (unpaired) electrons. The second-order valence-electron chi connectivity index (χ2n) is 8.20. The molecular weight excluding hydrogens is 402 g/mol. The zero-order valence-electron chi connectivity index (χ0n) is 18.0. The molecule has 2 aromatic heterocycles. The Morgan fingerprint density at radius 3 is 2.53 bits per heavy atom. The van der Waals surface area contributed by atoms with Gasteiger partial charge in [-0.25, -0.2) is 4.98 Å². The van der Waals surface area contributed by atoms with E-state index in [2.05, 4.69) is 20.2 Å². The molecule has 4 aromatic rings. The third kappa shape index (κ3) is 3.82. The lowest BCUT2D eigenvalue weighted by Crippen LogP contribution is -2.32. The predicted molar refractivity (Wildman–Crippen MR) is 127 cm³/mol. The number of carbonyl (C=O) groups excluding carboxylic acids is 1. The third-order valence-electron chi connectivity index (χ3n) is 5.92. The molecular formula is C25H25N5O2. The highest BCUT2D eigenvalue weighted by molar-refractivity contribution is 6.01. The molecule has 0 spiro atoms. The third-order valence-corrected chi connectivity index (χ3v) is 5.92. The minimum atomic E-state index is -0.142. The van der Waals surface area contributed by atoms with Crippen LogP contribution in [0.5, 0.6) is 0 Å². The van der Waals surface area contributed by atoms with E-state index in [4.69, 9.17) is 0 Å². The van der Waals surface area contributed by atoms with Crippen LogP contribution in [0.15, 0.2) is 59.4 Å². The van der Waals surface area contributed by atoms with E-state index in [1.165, 1.54) is 0 Å². The summed E-state index contributed by atoms with van der Waals surface area (Å²) < 4.78 is 1.69. The Bertz CT molecular complexity index is 1370. The number of carbonyl (C=O) groups is 1. The zero-order chi connectivity index (χ0) is 22.1. The summed E-state index contributed by atoms with van der Waals surface area (Å²) in [6.45, 7) is 3.88. The van der Waals surface area contributed by atoms with E-state index in [0.29, 0.717) is 5.82 Å². The van der Waals surface area contributed by atoms with Gasteiger partial charge >= 0.3 is 0 Å². The number of benzene rings is 2. The van der Waals surface area contributed by atoms with Crippen LogP contribution < -0.4 is 15.8 Å². The van der Waals surface area contributed by atoms with Crippen LogP contribution in [0, 0.1) is 6.92 Å². The summed E-state index contributed by atoms with van der Waals surface area (Å²) in [5.74, 6) is 0.341.